The second-order valence-corrected chi connectivity index (χ2v) is 7.82. The van der Waals surface area contributed by atoms with Gasteiger partial charge >= 0.3 is 0 Å². The largest absolute Gasteiger partial charge is 0.321 e. The quantitative estimate of drug-likeness (QED) is 0.737. The van der Waals surface area contributed by atoms with Crippen LogP contribution in [-0.4, -0.2) is 51.9 Å². The number of thioether (sulfide) groups is 1. The van der Waals surface area contributed by atoms with Crippen molar-refractivity contribution in [2.75, 3.05) is 36.5 Å². The predicted octanol–water partition coefficient (Wildman–Crippen LogP) is 3.47. The summed E-state index contributed by atoms with van der Waals surface area (Å²) in [4.78, 5) is 23.7. The van der Waals surface area contributed by atoms with E-state index in [0.717, 1.165) is 29.7 Å². The van der Waals surface area contributed by atoms with Crippen molar-refractivity contribution in [3.63, 3.8) is 0 Å². The van der Waals surface area contributed by atoms with E-state index in [4.69, 9.17) is 0 Å². The summed E-state index contributed by atoms with van der Waals surface area (Å²) in [6, 6.07) is 15.6. The van der Waals surface area contributed by atoms with Gasteiger partial charge in [0.15, 0.2) is 0 Å². The summed E-state index contributed by atoms with van der Waals surface area (Å²) >= 11 is 2.04. The molecule has 3 aromatic rings. The molecule has 138 valence electrons. The van der Waals surface area contributed by atoms with Crippen molar-refractivity contribution in [1.29, 1.82) is 0 Å². The molecule has 1 aliphatic rings. The van der Waals surface area contributed by atoms with Gasteiger partial charge in [0, 0.05) is 36.8 Å². The number of nitrogens with one attached hydrogen (secondary N) is 1. The fourth-order valence-electron chi connectivity index (χ4n) is 3.13. The van der Waals surface area contributed by atoms with Crippen molar-refractivity contribution in [2.24, 2.45) is 0 Å². The molecule has 4 rings (SSSR count). The molecule has 1 fully saturated rings. The molecule has 1 aliphatic heterocycles. The maximum Gasteiger partial charge on any atom is 0.275 e. The molecular formula is C21H22N4OS. The number of aromatic nitrogens is 2. The Labute approximate surface area is 163 Å². The summed E-state index contributed by atoms with van der Waals surface area (Å²) < 4.78 is 0. The van der Waals surface area contributed by atoms with Crippen LogP contribution in [0.2, 0.25) is 0 Å². The highest BCUT2D eigenvalue weighted by molar-refractivity contribution is 7.99. The molecule has 1 amide bonds. The lowest BCUT2D eigenvalue weighted by molar-refractivity contribution is 0.102. The third-order valence-electron chi connectivity index (χ3n) is 4.71. The topological polar surface area (TPSA) is 58.1 Å². The number of nitrogens with zero attached hydrogens (tertiary/aromatic N) is 3. The highest BCUT2D eigenvalue weighted by atomic mass is 32.2. The van der Waals surface area contributed by atoms with Gasteiger partial charge in [-0.3, -0.25) is 9.78 Å². The molecule has 0 unspecified atom stereocenters. The number of amides is 1. The van der Waals surface area contributed by atoms with Crippen LogP contribution >= 0.6 is 11.8 Å². The zero-order valence-electron chi connectivity index (χ0n) is 15.1. The molecule has 2 aromatic carbocycles. The van der Waals surface area contributed by atoms with Crippen LogP contribution in [0.4, 0.5) is 5.69 Å². The van der Waals surface area contributed by atoms with Crippen LogP contribution in [0.5, 0.6) is 0 Å². The molecular weight excluding hydrogens is 356 g/mol. The molecule has 0 aliphatic carbocycles. The molecule has 5 nitrogen and oxygen atoms in total. The molecule has 1 saturated heterocycles. The van der Waals surface area contributed by atoms with Gasteiger partial charge < -0.3 is 10.2 Å². The molecule has 0 saturated carbocycles. The standard InChI is InChI=1S/C21H22N4OS/c26-21(20-15-22-18-3-1-2-4-19(18)24-20)23-17-7-5-16(6-8-17)9-10-25-11-13-27-14-12-25/h1-8,15H,9-14H2,(H,23,26). The molecule has 1 N–H and O–H groups in total. The van der Waals surface area contributed by atoms with Crippen molar-refractivity contribution in [3.05, 3.63) is 66.0 Å². The van der Waals surface area contributed by atoms with Gasteiger partial charge in [-0.05, 0) is 36.2 Å². The SMILES string of the molecule is O=C(Nc1ccc(CCN2CCSCC2)cc1)c1cnc2ccccc2n1. The van der Waals surface area contributed by atoms with Gasteiger partial charge in [0.25, 0.3) is 5.91 Å². The van der Waals surface area contributed by atoms with E-state index in [0.29, 0.717) is 5.69 Å². The van der Waals surface area contributed by atoms with Crippen LogP contribution in [0.15, 0.2) is 54.7 Å². The normalized spacial score (nSPS) is 15.0. The molecule has 2 heterocycles. The number of hydrogen-bond donors (Lipinski definition) is 1. The Bertz CT molecular complexity index is 923. The Morgan fingerprint density at radius 2 is 1.78 bits per heavy atom. The zero-order valence-corrected chi connectivity index (χ0v) is 15.9. The summed E-state index contributed by atoms with van der Waals surface area (Å²) in [6.07, 6.45) is 2.55. The first-order valence-corrected chi connectivity index (χ1v) is 10.4. The number of hydrogen-bond acceptors (Lipinski definition) is 5. The lowest BCUT2D eigenvalue weighted by Crippen LogP contribution is -2.34. The van der Waals surface area contributed by atoms with E-state index in [9.17, 15) is 4.79 Å². The van der Waals surface area contributed by atoms with Crippen LogP contribution in [0, 0.1) is 0 Å². The first-order valence-electron chi connectivity index (χ1n) is 9.20. The van der Waals surface area contributed by atoms with Gasteiger partial charge in [-0.25, -0.2) is 4.98 Å². The zero-order chi connectivity index (χ0) is 18.5. The summed E-state index contributed by atoms with van der Waals surface area (Å²) in [5.41, 5.74) is 3.88. The van der Waals surface area contributed by atoms with E-state index in [2.05, 4.69) is 32.3 Å². The predicted molar refractivity (Wildman–Crippen MR) is 111 cm³/mol. The van der Waals surface area contributed by atoms with E-state index in [-0.39, 0.29) is 5.91 Å². The number of carbonyl (C=O) groups is 1. The number of fused-ring (bicyclic) bond motifs is 1. The molecule has 1 aromatic heterocycles. The van der Waals surface area contributed by atoms with Crippen LogP contribution in [-0.2, 0) is 6.42 Å². The van der Waals surface area contributed by atoms with Crippen molar-refractivity contribution < 1.29 is 4.79 Å². The van der Waals surface area contributed by atoms with Gasteiger partial charge in [0.1, 0.15) is 5.69 Å². The Morgan fingerprint density at radius 3 is 2.56 bits per heavy atom. The van der Waals surface area contributed by atoms with Gasteiger partial charge in [0.05, 0.1) is 17.2 Å². The van der Waals surface area contributed by atoms with Crippen molar-refractivity contribution >= 4 is 34.4 Å². The molecule has 6 heteroatoms. The highest BCUT2D eigenvalue weighted by Gasteiger charge is 2.11. The van der Waals surface area contributed by atoms with Gasteiger partial charge in [-0.1, -0.05) is 24.3 Å². The van der Waals surface area contributed by atoms with Crippen molar-refractivity contribution in [2.45, 2.75) is 6.42 Å². The summed E-state index contributed by atoms with van der Waals surface area (Å²) in [6.45, 7) is 3.47. The van der Waals surface area contributed by atoms with Crippen molar-refractivity contribution in [1.82, 2.24) is 14.9 Å². The van der Waals surface area contributed by atoms with Gasteiger partial charge in [-0.15, -0.1) is 0 Å². The van der Waals surface area contributed by atoms with E-state index < -0.39 is 0 Å². The summed E-state index contributed by atoms with van der Waals surface area (Å²) in [5, 5.41) is 2.90. The van der Waals surface area contributed by atoms with Gasteiger partial charge in [0.2, 0.25) is 0 Å². The second-order valence-electron chi connectivity index (χ2n) is 6.60. The van der Waals surface area contributed by atoms with E-state index in [1.807, 2.05) is 48.2 Å². The Balaban J connectivity index is 1.36. The average Bonchev–Trinajstić information content (AvgIpc) is 2.73. The molecule has 27 heavy (non-hydrogen) atoms. The Kier molecular flexibility index (Phi) is 5.65. The molecule has 0 radical (unpaired) electrons. The Hall–Kier alpha value is -2.44. The van der Waals surface area contributed by atoms with Crippen LogP contribution < -0.4 is 5.32 Å². The molecule has 0 atom stereocenters. The fraction of sp³-hybridized carbons (Fsp3) is 0.286. The number of rotatable bonds is 5. The number of carbonyl (C=O) groups excluding carboxylic acids is 1. The number of para-hydroxylation sites is 2. The maximum atomic E-state index is 12.5. The number of anilines is 1. The number of benzene rings is 2. The van der Waals surface area contributed by atoms with E-state index >= 15 is 0 Å². The van der Waals surface area contributed by atoms with Crippen LogP contribution in [0.1, 0.15) is 16.1 Å². The lowest BCUT2D eigenvalue weighted by atomic mass is 10.1. The minimum atomic E-state index is -0.244. The maximum absolute atomic E-state index is 12.5. The minimum Gasteiger partial charge on any atom is -0.321 e. The minimum absolute atomic E-state index is 0.244. The fourth-order valence-corrected chi connectivity index (χ4v) is 4.11. The first kappa shape index (κ1) is 17.9. The van der Waals surface area contributed by atoms with Gasteiger partial charge in [-0.2, -0.15) is 11.8 Å². The molecule has 0 spiro atoms. The third-order valence-corrected chi connectivity index (χ3v) is 5.66. The van der Waals surface area contributed by atoms with E-state index in [1.54, 1.807) is 0 Å². The third kappa shape index (κ3) is 4.64. The van der Waals surface area contributed by atoms with Crippen molar-refractivity contribution in [3.8, 4) is 0 Å². The smallest absolute Gasteiger partial charge is 0.275 e. The lowest BCUT2D eigenvalue weighted by Gasteiger charge is -2.26. The summed E-state index contributed by atoms with van der Waals surface area (Å²) in [7, 11) is 0. The van der Waals surface area contributed by atoms with E-state index in [1.165, 1.54) is 36.4 Å². The molecule has 0 bridgehead atoms. The average molecular weight is 379 g/mol. The highest BCUT2D eigenvalue weighted by Crippen LogP contribution is 2.14. The van der Waals surface area contributed by atoms with Crippen LogP contribution in [0.25, 0.3) is 11.0 Å². The van der Waals surface area contributed by atoms with Crippen LogP contribution in [0.3, 0.4) is 0 Å². The summed E-state index contributed by atoms with van der Waals surface area (Å²) in [5.74, 6) is 2.23. The monoisotopic (exact) mass is 378 g/mol. The first-order chi connectivity index (χ1) is 13.3. The second kappa shape index (κ2) is 8.50. The Morgan fingerprint density at radius 1 is 1.04 bits per heavy atom.